The Morgan fingerprint density at radius 1 is 1.25 bits per heavy atom. The van der Waals surface area contributed by atoms with E-state index in [4.69, 9.17) is 16.3 Å². The molecule has 2 aromatic carbocycles. The maximum Gasteiger partial charge on any atom is 0.240 e. The lowest BCUT2D eigenvalue weighted by molar-refractivity contribution is -0.130. The van der Waals surface area contributed by atoms with Crippen molar-refractivity contribution in [3.8, 4) is 5.75 Å². The summed E-state index contributed by atoms with van der Waals surface area (Å²) in [5, 5.41) is 7.03. The van der Waals surface area contributed by atoms with Crippen LogP contribution in [0.2, 0.25) is 5.15 Å². The number of halogens is 2. The first-order valence-corrected chi connectivity index (χ1v) is 9.12. The van der Waals surface area contributed by atoms with Crippen LogP contribution in [0.4, 0.5) is 4.39 Å². The molecule has 0 spiro atoms. The fourth-order valence-electron chi connectivity index (χ4n) is 3.42. The highest BCUT2D eigenvalue weighted by atomic mass is 35.5. The minimum absolute atomic E-state index is 0.205. The predicted octanol–water partition coefficient (Wildman–Crippen LogP) is 4.73. The molecule has 4 rings (SSSR count). The highest BCUT2D eigenvalue weighted by Gasteiger charge is 2.33. The van der Waals surface area contributed by atoms with Crippen molar-refractivity contribution in [2.45, 2.75) is 19.4 Å². The third-order valence-electron chi connectivity index (χ3n) is 4.78. The number of carbonyl (C=O) groups is 1. The maximum absolute atomic E-state index is 13.2. The molecule has 0 N–H and O–H groups in total. The van der Waals surface area contributed by atoms with Gasteiger partial charge in [-0.2, -0.15) is 5.10 Å². The van der Waals surface area contributed by atoms with Crippen LogP contribution in [-0.4, -0.2) is 28.7 Å². The van der Waals surface area contributed by atoms with E-state index in [1.165, 1.54) is 24.1 Å². The monoisotopic (exact) mass is 397 g/mol. The van der Waals surface area contributed by atoms with Gasteiger partial charge in [-0.25, -0.2) is 14.4 Å². The van der Waals surface area contributed by atoms with Gasteiger partial charge in [-0.3, -0.25) is 4.79 Å². The first-order chi connectivity index (χ1) is 13.5. The molecule has 0 radical (unpaired) electrons. The van der Waals surface area contributed by atoms with Crippen molar-refractivity contribution in [3.05, 3.63) is 70.6 Å². The average Bonchev–Trinajstić information content (AvgIpc) is 3.13. The molecule has 28 heavy (non-hydrogen) atoms. The van der Waals surface area contributed by atoms with Crippen LogP contribution < -0.4 is 4.74 Å². The largest absolute Gasteiger partial charge is 0.494 e. The second-order valence-corrected chi connectivity index (χ2v) is 6.90. The third-order valence-corrected chi connectivity index (χ3v) is 5.08. The summed E-state index contributed by atoms with van der Waals surface area (Å²) in [5.41, 5.74) is 2.83. The molecule has 1 aliphatic heterocycles. The summed E-state index contributed by atoms with van der Waals surface area (Å²) in [4.78, 5) is 16.7. The minimum atomic E-state index is -0.381. The Morgan fingerprint density at radius 2 is 2.00 bits per heavy atom. The number of hydrogen-bond donors (Lipinski definition) is 0. The smallest absolute Gasteiger partial charge is 0.240 e. The standard InChI is InChI=1S/C21H17ClFN3O2/c1-12(27)26-18(11-17(25-26)13-6-8-15(23)9-7-13)16-10-14-4-3-5-19(28-2)20(14)24-21(16)22/h3-10,18H,11H2,1-2H3/t18-/m0/s1. The molecule has 2 heterocycles. The van der Waals surface area contributed by atoms with Gasteiger partial charge < -0.3 is 4.74 Å². The number of nitrogens with zero attached hydrogens (tertiary/aromatic N) is 3. The number of amides is 1. The first kappa shape index (κ1) is 18.4. The second-order valence-electron chi connectivity index (χ2n) is 6.54. The molecule has 0 bridgehead atoms. The second kappa shape index (κ2) is 7.20. The zero-order chi connectivity index (χ0) is 19.8. The van der Waals surface area contributed by atoms with E-state index in [0.717, 1.165) is 10.9 Å². The van der Waals surface area contributed by atoms with Crippen molar-refractivity contribution in [2.75, 3.05) is 7.11 Å². The van der Waals surface area contributed by atoms with E-state index in [9.17, 15) is 9.18 Å². The topological polar surface area (TPSA) is 54.8 Å². The fourth-order valence-corrected chi connectivity index (χ4v) is 3.69. The van der Waals surface area contributed by atoms with Gasteiger partial charge in [0.15, 0.2) is 0 Å². The summed E-state index contributed by atoms with van der Waals surface area (Å²) in [6, 6.07) is 13.2. The zero-order valence-electron chi connectivity index (χ0n) is 15.3. The molecule has 0 saturated heterocycles. The van der Waals surface area contributed by atoms with Gasteiger partial charge in [0.25, 0.3) is 0 Å². The molecule has 0 fully saturated rings. The lowest BCUT2D eigenvalue weighted by Crippen LogP contribution is -2.24. The lowest BCUT2D eigenvalue weighted by atomic mass is 9.98. The molecule has 0 unspecified atom stereocenters. The third kappa shape index (κ3) is 3.20. The number of para-hydroxylation sites is 1. The van der Waals surface area contributed by atoms with Crippen LogP contribution in [0.15, 0.2) is 53.6 Å². The first-order valence-electron chi connectivity index (χ1n) is 8.74. The number of ether oxygens (including phenoxy) is 1. The zero-order valence-corrected chi connectivity index (χ0v) is 16.1. The predicted molar refractivity (Wildman–Crippen MR) is 106 cm³/mol. The van der Waals surface area contributed by atoms with Gasteiger partial charge in [-0.1, -0.05) is 35.9 Å². The van der Waals surface area contributed by atoms with Gasteiger partial charge >= 0.3 is 0 Å². The van der Waals surface area contributed by atoms with E-state index >= 15 is 0 Å². The van der Waals surface area contributed by atoms with Crippen LogP contribution in [0.5, 0.6) is 5.75 Å². The summed E-state index contributed by atoms with van der Waals surface area (Å²) in [6.07, 6.45) is 0.460. The molecule has 1 atom stereocenters. The molecular weight excluding hydrogens is 381 g/mol. The molecular formula is C21H17ClFN3O2. The van der Waals surface area contributed by atoms with Gasteiger partial charge in [0.2, 0.25) is 5.91 Å². The number of rotatable bonds is 3. The maximum atomic E-state index is 13.2. The number of pyridine rings is 1. The quantitative estimate of drug-likeness (QED) is 0.600. The summed E-state index contributed by atoms with van der Waals surface area (Å²) >= 11 is 6.49. The molecule has 1 aliphatic rings. The lowest BCUT2D eigenvalue weighted by Gasteiger charge is -2.21. The van der Waals surface area contributed by atoms with Crippen molar-refractivity contribution >= 4 is 34.1 Å². The molecule has 1 aromatic heterocycles. The normalized spacial score (nSPS) is 16.4. The Kier molecular flexibility index (Phi) is 4.73. The molecule has 7 heteroatoms. The summed E-state index contributed by atoms with van der Waals surface area (Å²) < 4.78 is 18.6. The van der Waals surface area contributed by atoms with E-state index in [2.05, 4.69) is 10.1 Å². The minimum Gasteiger partial charge on any atom is -0.494 e. The van der Waals surface area contributed by atoms with E-state index in [1.54, 1.807) is 19.2 Å². The van der Waals surface area contributed by atoms with Crippen LogP contribution in [0.3, 0.4) is 0 Å². The van der Waals surface area contributed by atoms with E-state index in [1.807, 2.05) is 24.3 Å². The summed E-state index contributed by atoms with van der Waals surface area (Å²) in [5.74, 6) is 0.103. The van der Waals surface area contributed by atoms with Gasteiger partial charge in [0, 0.05) is 24.3 Å². The molecule has 0 saturated carbocycles. The van der Waals surface area contributed by atoms with E-state index in [-0.39, 0.29) is 17.8 Å². The van der Waals surface area contributed by atoms with Crippen LogP contribution in [0.1, 0.15) is 30.5 Å². The number of aromatic nitrogens is 1. The highest BCUT2D eigenvalue weighted by molar-refractivity contribution is 6.30. The van der Waals surface area contributed by atoms with Gasteiger partial charge in [-0.15, -0.1) is 0 Å². The van der Waals surface area contributed by atoms with E-state index < -0.39 is 0 Å². The van der Waals surface area contributed by atoms with Crippen LogP contribution in [-0.2, 0) is 4.79 Å². The van der Waals surface area contributed by atoms with Gasteiger partial charge in [0.05, 0.1) is 18.9 Å². The number of benzene rings is 2. The summed E-state index contributed by atoms with van der Waals surface area (Å²) in [6.45, 7) is 1.45. The van der Waals surface area contributed by atoms with Crippen molar-refractivity contribution in [1.82, 2.24) is 9.99 Å². The van der Waals surface area contributed by atoms with Crippen molar-refractivity contribution in [1.29, 1.82) is 0 Å². The van der Waals surface area contributed by atoms with Crippen LogP contribution in [0.25, 0.3) is 10.9 Å². The Balaban J connectivity index is 1.77. The Morgan fingerprint density at radius 3 is 2.68 bits per heavy atom. The molecule has 3 aromatic rings. The number of carbonyl (C=O) groups excluding carboxylic acids is 1. The Hall–Kier alpha value is -2.99. The number of hydrogen-bond acceptors (Lipinski definition) is 4. The van der Waals surface area contributed by atoms with Crippen LogP contribution >= 0.6 is 11.6 Å². The van der Waals surface area contributed by atoms with Crippen LogP contribution in [0, 0.1) is 5.82 Å². The van der Waals surface area contributed by atoms with Gasteiger partial charge in [0.1, 0.15) is 22.2 Å². The van der Waals surface area contributed by atoms with Crippen molar-refractivity contribution in [2.24, 2.45) is 5.10 Å². The van der Waals surface area contributed by atoms with E-state index in [0.29, 0.717) is 34.1 Å². The van der Waals surface area contributed by atoms with Gasteiger partial charge in [-0.05, 0) is 29.8 Å². The van der Waals surface area contributed by atoms with Crippen molar-refractivity contribution < 1.29 is 13.9 Å². The number of hydrazone groups is 1. The summed E-state index contributed by atoms with van der Waals surface area (Å²) in [7, 11) is 1.58. The molecule has 142 valence electrons. The van der Waals surface area contributed by atoms with Crippen molar-refractivity contribution in [3.63, 3.8) is 0 Å². The fraction of sp³-hybridized carbons (Fsp3) is 0.190. The SMILES string of the molecule is COc1cccc2cc([C@@H]3CC(c4ccc(F)cc4)=NN3C(C)=O)c(Cl)nc12. The Bertz CT molecular complexity index is 1100. The molecule has 0 aliphatic carbocycles. The molecule has 5 nitrogen and oxygen atoms in total. The number of fused-ring (bicyclic) bond motifs is 1. The number of methoxy groups -OCH3 is 1. The Labute approximate surface area is 166 Å². The average molecular weight is 398 g/mol. The highest BCUT2D eigenvalue weighted by Crippen LogP contribution is 2.38. The molecule has 1 amide bonds.